The van der Waals surface area contributed by atoms with Crippen molar-refractivity contribution >= 4 is 17.7 Å². The van der Waals surface area contributed by atoms with E-state index in [0.717, 1.165) is 70.4 Å². The minimum atomic E-state index is 0.581. The van der Waals surface area contributed by atoms with E-state index in [1.165, 1.54) is 0 Å². The van der Waals surface area contributed by atoms with Gasteiger partial charge in [0.1, 0.15) is 6.61 Å². The van der Waals surface area contributed by atoms with Gasteiger partial charge in [-0.25, -0.2) is 0 Å². The van der Waals surface area contributed by atoms with Crippen molar-refractivity contribution in [3.63, 3.8) is 0 Å². The first kappa shape index (κ1) is 19.7. The third kappa shape index (κ3) is 5.93. The first-order valence-electron chi connectivity index (χ1n) is 9.96. The Labute approximate surface area is 170 Å². The van der Waals surface area contributed by atoms with Crippen molar-refractivity contribution in [2.75, 3.05) is 76.1 Å². The molecule has 156 valence electrons. The van der Waals surface area contributed by atoms with Gasteiger partial charge in [-0.1, -0.05) is 0 Å². The fourth-order valence-corrected chi connectivity index (χ4v) is 3.25. The number of rotatable bonds is 8. The lowest BCUT2D eigenvalue weighted by molar-refractivity contribution is 0.0320. The molecule has 0 saturated carbocycles. The Bertz CT molecular complexity index is 771. The molecule has 2 aromatic heterocycles. The van der Waals surface area contributed by atoms with Crippen LogP contribution in [0.5, 0.6) is 5.88 Å². The topological polar surface area (TPSA) is 84.6 Å². The summed E-state index contributed by atoms with van der Waals surface area (Å²) in [4.78, 5) is 9.16. The molecule has 4 rings (SSSR count). The van der Waals surface area contributed by atoms with Crippen molar-refractivity contribution in [1.82, 2.24) is 9.88 Å². The van der Waals surface area contributed by atoms with Crippen LogP contribution in [-0.4, -0.2) is 81.9 Å². The number of hydrogen-bond acceptors (Lipinski definition) is 9. The summed E-state index contributed by atoms with van der Waals surface area (Å²) in [5.74, 6) is 1.22. The fraction of sp³-hybridized carbons (Fsp3) is 0.500. The fourth-order valence-electron chi connectivity index (χ4n) is 3.25. The number of nitrogens with one attached hydrogen (secondary N) is 1. The van der Waals surface area contributed by atoms with Crippen LogP contribution in [0.2, 0.25) is 0 Å². The molecule has 29 heavy (non-hydrogen) atoms. The summed E-state index contributed by atoms with van der Waals surface area (Å²) >= 11 is 0. The Morgan fingerprint density at radius 3 is 2.66 bits per heavy atom. The summed E-state index contributed by atoms with van der Waals surface area (Å²) in [6.07, 6.45) is 4.92. The van der Waals surface area contributed by atoms with Crippen LogP contribution < -0.4 is 15.1 Å². The highest BCUT2D eigenvalue weighted by Gasteiger charge is 2.15. The number of hydrazone groups is 1. The average Bonchev–Trinajstić information content (AvgIpc) is 3.29. The second-order valence-corrected chi connectivity index (χ2v) is 6.88. The van der Waals surface area contributed by atoms with Gasteiger partial charge in [-0.2, -0.15) is 10.1 Å². The smallest absolute Gasteiger partial charge is 0.217 e. The summed E-state index contributed by atoms with van der Waals surface area (Å²) in [6.45, 7) is 8.02. The summed E-state index contributed by atoms with van der Waals surface area (Å²) < 4.78 is 21.9. The summed E-state index contributed by atoms with van der Waals surface area (Å²) in [7, 11) is 0. The molecular weight excluding hydrogens is 374 g/mol. The zero-order valence-corrected chi connectivity index (χ0v) is 16.5. The number of nitrogens with zero attached hydrogens (tertiary/aromatic N) is 4. The quantitative estimate of drug-likeness (QED) is 0.528. The largest absolute Gasteiger partial charge is 0.476 e. The number of anilines is 2. The van der Waals surface area contributed by atoms with Crippen molar-refractivity contribution in [3.05, 3.63) is 36.3 Å². The van der Waals surface area contributed by atoms with Gasteiger partial charge < -0.3 is 23.5 Å². The summed E-state index contributed by atoms with van der Waals surface area (Å²) in [5, 5.41) is 4.25. The molecule has 0 atom stereocenters. The van der Waals surface area contributed by atoms with Crippen molar-refractivity contribution < 1.29 is 18.6 Å². The van der Waals surface area contributed by atoms with Crippen LogP contribution in [0.15, 0.2) is 40.2 Å². The van der Waals surface area contributed by atoms with Crippen LogP contribution in [0.1, 0.15) is 5.56 Å². The van der Waals surface area contributed by atoms with Gasteiger partial charge in [-0.3, -0.25) is 10.3 Å². The molecule has 2 aliphatic heterocycles. The molecule has 1 N–H and O–H groups in total. The molecule has 0 unspecified atom stereocenters. The maximum absolute atomic E-state index is 5.97. The Morgan fingerprint density at radius 1 is 1.10 bits per heavy atom. The molecule has 0 aromatic carbocycles. The SMILES string of the molecule is C(=N\Nc1cc(N2CCOCC2)cc(OCCN2CCOCC2)n1)/c1ccoc1. The van der Waals surface area contributed by atoms with Crippen LogP contribution in [0.25, 0.3) is 0 Å². The van der Waals surface area contributed by atoms with Crippen LogP contribution in [0, 0.1) is 0 Å². The molecule has 0 radical (unpaired) electrons. The van der Waals surface area contributed by atoms with E-state index in [0.29, 0.717) is 18.3 Å². The minimum absolute atomic E-state index is 0.581. The molecule has 2 aromatic rings. The molecule has 2 fully saturated rings. The van der Waals surface area contributed by atoms with E-state index in [1.807, 2.05) is 18.2 Å². The number of ether oxygens (including phenoxy) is 3. The van der Waals surface area contributed by atoms with E-state index < -0.39 is 0 Å². The van der Waals surface area contributed by atoms with Crippen molar-refractivity contribution in [3.8, 4) is 5.88 Å². The lowest BCUT2D eigenvalue weighted by atomic mass is 10.3. The van der Waals surface area contributed by atoms with Crippen LogP contribution >= 0.6 is 0 Å². The van der Waals surface area contributed by atoms with E-state index in [9.17, 15) is 0 Å². The van der Waals surface area contributed by atoms with Gasteiger partial charge in [0.15, 0.2) is 5.82 Å². The standard InChI is InChI=1S/C20H27N5O4/c1-7-28-16-17(1)15-21-23-19-13-18(25-5-10-27-11-6-25)14-20(22-19)29-12-4-24-2-8-26-9-3-24/h1,7,13-16H,2-6,8-12H2,(H,22,23)/b21-15+. The molecular formula is C20H27N5O4. The van der Waals surface area contributed by atoms with Crippen LogP contribution in [0.3, 0.4) is 0 Å². The maximum Gasteiger partial charge on any atom is 0.217 e. The van der Waals surface area contributed by atoms with Crippen molar-refractivity contribution in [2.45, 2.75) is 0 Å². The highest BCUT2D eigenvalue weighted by molar-refractivity contribution is 5.79. The van der Waals surface area contributed by atoms with Gasteiger partial charge in [0, 0.05) is 56.1 Å². The minimum Gasteiger partial charge on any atom is -0.476 e. The molecule has 4 heterocycles. The molecule has 2 aliphatic rings. The van der Waals surface area contributed by atoms with E-state index in [2.05, 4.69) is 25.3 Å². The highest BCUT2D eigenvalue weighted by atomic mass is 16.5. The number of aromatic nitrogens is 1. The molecule has 0 amide bonds. The summed E-state index contributed by atoms with van der Waals surface area (Å²) in [6, 6.07) is 5.80. The van der Waals surface area contributed by atoms with Gasteiger partial charge in [-0.05, 0) is 6.07 Å². The van der Waals surface area contributed by atoms with Gasteiger partial charge in [0.05, 0.1) is 45.2 Å². The van der Waals surface area contributed by atoms with E-state index in [-0.39, 0.29) is 0 Å². The second-order valence-electron chi connectivity index (χ2n) is 6.88. The van der Waals surface area contributed by atoms with E-state index >= 15 is 0 Å². The van der Waals surface area contributed by atoms with Gasteiger partial charge in [-0.15, -0.1) is 0 Å². The first-order valence-corrected chi connectivity index (χ1v) is 9.96. The lowest BCUT2D eigenvalue weighted by Gasteiger charge is -2.29. The molecule has 9 heteroatoms. The number of furan rings is 1. The van der Waals surface area contributed by atoms with Crippen LogP contribution in [0.4, 0.5) is 11.5 Å². The summed E-state index contributed by atoms with van der Waals surface area (Å²) in [5.41, 5.74) is 4.92. The Kier molecular flexibility index (Phi) is 6.95. The van der Waals surface area contributed by atoms with Gasteiger partial charge in [0.25, 0.3) is 0 Å². The normalized spacial score (nSPS) is 18.3. The van der Waals surface area contributed by atoms with Crippen LogP contribution in [-0.2, 0) is 9.47 Å². The number of morpholine rings is 2. The van der Waals surface area contributed by atoms with E-state index in [1.54, 1.807) is 18.7 Å². The molecule has 2 saturated heterocycles. The zero-order valence-electron chi connectivity index (χ0n) is 16.5. The Hall–Kier alpha value is -2.62. The van der Waals surface area contributed by atoms with Gasteiger partial charge in [0.2, 0.25) is 5.88 Å². The molecule has 0 bridgehead atoms. The third-order valence-corrected chi connectivity index (χ3v) is 4.86. The monoisotopic (exact) mass is 401 g/mol. The lowest BCUT2D eigenvalue weighted by Crippen LogP contribution is -2.38. The highest BCUT2D eigenvalue weighted by Crippen LogP contribution is 2.25. The maximum atomic E-state index is 5.97. The first-order chi connectivity index (χ1) is 14.4. The molecule has 9 nitrogen and oxygen atoms in total. The third-order valence-electron chi connectivity index (χ3n) is 4.86. The average molecular weight is 401 g/mol. The van der Waals surface area contributed by atoms with E-state index in [4.69, 9.17) is 18.6 Å². The Morgan fingerprint density at radius 2 is 1.90 bits per heavy atom. The predicted octanol–water partition coefficient (Wildman–Crippen LogP) is 1.67. The van der Waals surface area contributed by atoms with Gasteiger partial charge >= 0.3 is 0 Å². The molecule has 0 spiro atoms. The van der Waals surface area contributed by atoms with Crippen molar-refractivity contribution in [2.24, 2.45) is 5.10 Å². The Balaban J connectivity index is 1.41. The number of pyridine rings is 1. The zero-order chi connectivity index (χ0) is 19.7. The predicted molar refractivity (Wildman–Crippen MR) is 110 cm³/mol. The second kappa shape index (κ2) is 10.2. The number of hydrogen-bond donors (Lipinski definition) is 1. The molecule has 0 aliphatic carbocycles. The van der Waals surface area contributed by atoms with Crippen molar-refractivity contribution in [1.29, 1.82) is 0 Å².